The zero-order chi connectivity index (χ0) is 17.7. The molecule has 2 saturated carbocycles. The molecule has 6 nitrogen and oxygen atoms in total. The molecule has 0 atom stereocenters. The molecule has 0 radical (unpaired) electrons. The van der Waals surface area contributed by atoms with Crippen molar-refractivity contribution in [2.45, 2.75) is 57.6 Å². The molecule has 6 heteroatoms. The molecule has 134 valence electrons. The van der Waals surface area contributed by atoms with Gasteiger partial charge >= 0.3 is 0 Å². The Morgan fingerprint density at radius 3 is 2.84 bits per heavy atom. The number of nitrogens with zero attached hydrogens (tertiary/aromatic N) is 2. The number of aliphatic hydroxyl groups is 1. The van der Waals surface area contributed by atoms with Gasteiger partial charge in [-0.1, -0.05) is 6.42 Å². The van der Waals surface area contributed by atoms with Crippen LogP contribution in [0.5, 0.6) is 5.75 Å². The smallest absolute Gasteiger partial charge is 0.255 e. The van der Waals surface area contributed by atoms with Gasteiger partial charge in [0.05, 0.1) is 29.1 Å². The van der Waals surface area contributed by atoms with E-state index in [2.05, 4.69) is 10.4 Å². The lowest BCUT2D eigenvalue weighted by molar-refractivity contribution is -0.000600. The van der Waals surface area contributed by atoms with Crippen LogP contribution in [-0.2, 0) is 0 Å². The van der Waals surface area contributed by atoms with E-state index in [1.54, 1.807) is 36.8 Å². The maximum atomic E-state index is 12.6. The number of carbonyl (C=O) groups excluding carboxylic acids is 1. The van der Waals surface area contributed by atoms with Crippen molar-refractivity contribution >= 4 is 11.4 Å². The molecule has 4 rings (SSSR count). The Kier molecular flexibility index (Phi) is 3.76. The summed E-state index contributed by atoms with van der Waals surface area (Å²) >= 11 is 0. The van der Waals surface area contributed by atoms with Crippen molar-refractivity contribution in [1.29, 1.82) is 0 Å². The minimum atomic E-state index is -0.898. The standard InChI is InChI=1S/C19H25N3O3/c1-18(2,24)12-25-14-4-5-16-15(10-20-22(16)11-14)17(23)21-13-8-19(9-13)6-3-7-19/h4-5,10-11,13,24H,3,6-9,12H2,1-2H3,(H,21,23). The summed E-state index contributed by atoms with van der Waals surface area (Å²) in [5, 5.41) is 17.1. The summed E-state index contributed by atoms with van der Waals surface area (Å²) < 4.78 is 7.21. The van der Waals surface area contributed by atoms with Crippen molar-refractivity contribution in [1.82, 2.24) is 14.9 Å². The SMILES string of the molecule is CC(C)(O)COc1ccc2c(C(=O)NC3CC4(CCC4)C3)cnn2c1. The number of rotatable bonds is 5. The second-order valence-corrected chi connectivity index (χ2v) is 8.29. The van der Waals surface area contributed by atoms with Crippen molar-refractivity contribution in [2.75, 3.05) is 6.61 Å². The predicted molar refractivity (Wildman–Crippen MR) is 93.8 cm³/mol. The van der Waals surface area contributed by atoms with Crippen LogP contribution < -0.4 is 10.1 Å². The lowest BCUT2D eigenvalue weighted by atomic mass is 9.54. The molecular formula is C19H25N3O3. The number of amides is 1. The molecule has 1 amide bonds. The Hall–Kier alpha value is -2.08. The number of hydrogen-bond donors (Lipinski definition) is 2. The van der Waals surface area contributed by atoms with Gasteiger partial charge in [0.15, 0.2) is 0 Å². The van der Waals surface area contributed by atoms with Gasteiger partial charge in [0.2, 0.25) is 0 Å². The molecular weight excluding hydrogens is 318 g/mol. The Morgan fingerprint density at radius 1 is 1.44 bits per heavy atom. The number of fused-ring (bicyclic) bond motifs is 1. The normalized spacial score (nSPS) is 19.5. The van der Waals surface area contributed by atoms with Crippen LogP contribution in [0.4, 0.5) is 0 Å². The van der Waals surface area contributed by atoms with E-state index < -0.39 is 5.60 Å². The van der Waals surface area contributed by atoms with Crippen LogP contribution in [0.1, 0.15) is 56.3 Å². The first kappa shape index (κ1) is 16.4. The average molecular weight is 343 g/mol. The minimum Gasteiger partial charge on any atom is -0.489 e. The van der Waals surface area contributed by atoms with Crippen LogP contribution in [-0.4, -0.2) is 38.9 Å². The molecule has 2 N–H and O–H groups in total. The van der Waals surface area contributed by atoms with Gasteiger partial charge in [-0.25, -0.2) is 4.52 Å². The first-order chi connectivity index (χ1) is 11.8. The van der Waals surface area contributed by atoms with Gasteiger partial charge < -0.3 is 15.2 Å². The van der Waals surface area contributed by atoms with E-state index >= 15 is 0 Å². The van der Waals surface area contributed by atoms with Gasteiger partial charge in [-0.05, 0) is 57.1 Å². The van der Waals surface area contributed by atoms with Crippen molar-refractivity contribution in [2.24, 2.45) is 5.41 Å². The number of carbonyl (C=O) groups is 1. The second-order valence-electron chi connectivity index (χ2n) is 8.29. The van der Waals surface area contributed by atoms with E-state index in [9.17, 15) is 9.90 Å². The van der Waals surface area contributed by atoms with Gasteiger partial charge in [-0.3, -0.25) is 4.79 Å². The molecule has 0 aliphatic heterocycles. The Bertz CT molecular complexity index is 794. The van der Waals surface area contributed by atoms with Gasteiger partial charge in [0, 0.05) is 6.04 Å². The van der Waals surface area contributed by atoms with Crippen molar-refractivity contribution in [3.05, 3.63) is 30.1 Å². The van der Waals surface area contributed by atoms with E-state index in [1.807, 2.05) is 6.07 Å². The van der Waals surface area contributed by atoms with Crippen LogP contribution in [0.2, 0.25) is 0 Å². The summed E-state index contributed by atoms with van der Waals surface area (Å²) in [5.41, 5.74) is 0.991. The Morgan fingerprint density at radius 2 is 2.20 bits per heavy atom. The molecule has 25 heavy (non-hydrogen) atoms. The van der Waals surface area contributed by atoms with Crippen LogP contribution in [0.25, 0.3) is 5.52 Å². The lowest BCUT2D eigenvalue weighted by Crippen LogP contribution is -2.53. The number of pyridine rings is 1. The Labute approximate surface area is 147 Å². The third-order valence-corrected chi connectivity index (χ3v) is 5.43. The molecule has 0 aromatic carbocycles. The quantitative estimate of drug-likeness (QED) is 0.875. The maximum Gasteiger partial charge on any atom is 0.255 e. The molecule has 1 spiro atoms. The summed E-state index contributed by atoms with van der Waals surface area (Å²) in [7, 11) is 0. The van der Waals surface area contributed by atoms with Gasteiger partial charge in [-0.2, -0.15) is 5.10 Å². The van der Waals surface area contributed by atoms with Gasteiger partial charge in [-0.15, -0.1) is 0 Å². The van der Waals surface area contributed by atoms with E-state index in [0.29, 0.717) is 22.8 Å². The molecule has 2 aromatic heterocycles. The fourth-order valence-electron chi connectivity index (χ4n) is 3.92. The van der Waals surface area contributed by atoms with Crippen molar-refractivity contribution < 1.29 is 14.6 Å². The highest BCUT2D eigenvalue weighted by Crippen LogP contribution is 2.55. The molecule has 0 saturated heterocycles. The number of ether oxygens (including phenoxy) is 1. The van der Waals surface area contributed by atoms with Gasteiger partial charge in [0.1, 0.15) is 12.4 Å². The predicted octanol–water partition coefficient (Wildman–Crippen LogP) is 2.55. The molecule has 2 aliphatic rings. The number of nitrogens with one attached hydrogen (secondary N) is 1. The zero-order valence-corrected chi connectivity index (χ0v) is 14.8. The lowest BCUT2D eigenvalue weighted by Gasteiger charge is -2.54. The molecule has 2 heterocycles. The molecule has 2 aliphatic carbocycles. The molecule has 2 aromatic rings. The average Bonchev–Trinajstić information content (AvgIpc) is 2.88. The summed E-state index contributed by atoms with van der Waals surface area (Å²) in [6, 6.07) is 3.93. The summed E-state index contributed by atoms with van der Waals surface area (Å²) in [6.07, 6.45) is 9.55. The van der Waals surface area contributed by atoms with Crippen LogP contribution >= 0.6 is 0 Å². The topological polar surface area (TPSA) is 75.9 Å². The first-order valence-electron chi connectivity index (χ1n) is 8.97. The van der Waals surface area contributed by atoms with E-state index in [0.717, 1.165) is 18.4 Å². The fraction of sp³-hybridized carbons (Fsp3) is 0.579. The van der Waals surface area contributed by atoms with Crippen molar-refractivity contribution in [3.63, 3.8) is 0 Å². The summed E-state index contributed by atoms with van der Waals surface area (Å²) in [6.45, 7) is 3.57. The number of aromatic nitrogens is 2. The maximum absolute atomic E-state index is 12.6. The third-order valence-electron chi connectivity index (χ3n) is 5.43. The molecule has 2 fully saturated rings. The third kappa shape index (κ3) is 3.23. The monoisotopic (exact) mass is 343 g/mol. The number of hydrogen-bond acceptors (Lipinski definition) is 4. The van der Waals surface area contributed by atoms with E-state index in [4.69, 9.17) is 4.74 Å². The summed E-state index contributed by atoms with van der Waals surface area (Å²) in [4.78, 5) is 12.6. The van der Waals surface area contributed by atoms with Crippen LogP contribution in [0, 0.1) is 5.41 Å². The highest BCUT2D eigenvalue weighted by atomic mass is 16.5. The Balaban J connectivity index is 1.42. The second kappa shape index (κ2) is 5.73. The largest absolute Gasteiger partial charge is 0.489 e. The first-order valence-corrected chi connectivity index (χ1v) is 8.97. The highest BCUT2D eigenvalue weighted by molar-refractivity contribution is 6.00. The molecule has 0 unspecified atom stereocenters. The highest BCUT2D eigenvalue weighted by Gasteiger charge is 2.48. The van der Waals surface area contributed by atoms with E-state index in [-0.39, 0.29) is 12.5 Å². The summed E-state index contributed by atoms with van der Waals surface area (Å²) in [5.74, 6) is 0.551. The van der Waals surface area contributed by atoms with Crippen LogP contribution in [0.3, 0.4) is 0 Å². The van der Waals surface area contributed by atoms with Gasteiger partial charge in [0.25, 0.3) is 5.91 Å². The minimum absolute atomic E-state index is 0.0562. The zero-order valence-electron chi connectivity index (χ0n) is 14.8. The van der Waals surface area contributed by atoms with E-state index in [1.165, 1.54) is 19.3 Å². The van der Waals surface area contributed by atoms with Crippen molar-refractivity contribution in [3.8, 4) is 5.75 Å². The fourth-order valence-corrected chi connectivity index (χ4v) is 3.92. The molecule has 0 bridgehead atoms. The van der Waals surface area contributed by atoms with Crippen LogP contribution in [0.15, 0.2) is 24.5 Å².